The molecule has 0 aliphatic heterocycles. The van der Waals surface area contributed by atoms with Gasteiger partial charge in [-0.3, -0.25) is 4.79 Å². The molecule has 0 spiro atoms. The number of carbonyl (C=O) groups is 1. The topological polar surface area (TPSA) is 70.7 Å². The fraction of sp³-hybridized carbons (Fsp3) is 0.182. The minimum Gasteiger partial charge on any atom is -0.319 e. The van der Waals surface area contributed by atoms with E-state index in [0.29, 0.717) is 17.1 Å². The van der Waals surface area contributed by atoms with Gasteiger partial charge in [-0.15, -0.1) is 0 Å². The van der Waals surface area contributed by atoms with Gasteiger partial charge in [0.1, 0.15) is 0 Å². The van der Waals surface area contributed by atoms with Crippen LogP contribution in [0.5, 0.6) is 0 Å². The maximum Gasteiger partial charge on any atom is 0.278 e. The van der Waals surface area contributed by atoms with Gasteiger partial charge >= 0.3 is 0 Å². The zero-order valence-electron chi connectivity index (χ0n) is 9.41. The van der Waals surface area contributed by atoms with Crippen LogP contribution in [0.15, 0.2) is 22.7 Å². The van der Waals surface area contributed by atoms with Crippen LogP contribution in [0.4, 0.5) is 5.69 Å². The lowest BCUT2D eigenvalue weighted by atomic mass is 10.2. The quantitative estimate of drug-likeness (QED) is 0.894. The van der Waals surface area contributed by atoms with E-state index in [9.17, 15) is 4.79 Å². The predicted octanol–water partition coefficient (Wildman–Crippen LogP) is 2.44. The summed E-state index contributed by atoms with van der Waals surface area (Å²) < 4.78 is 0.840. The highest BCUT2D eigenvalue weighted by Gasteiger charge is 2.14. The number of carbonyl (C=O) groups excluding carboxylic acids is 1. The van der Waals surface area contributed by atoms with Gasteiger partial charge in [-0.1, -0.05) is 6.07 Å². The van der Waals surface area contributed by atoms with E-state index in [2.05, 4.69) is 36.7 Å². The highest BCUT2D eigenvalue weighted by atomic mass is 79.9. The summed E-state index contributed by atoms with van der Waals surface area (Å²) in [5.41, 5.74) is 2.71. The van der Waals surface area contributed by atoms with Gasteiger partial charge < -0.3 is 5.32 Å². The number of nitrogens with one attached hydrogen (secondary N) is 2. The Labute approximate surface area is 107 Å². The SMILES string of the molecule is Cc1ccc(NC(=O)c2n[nH]nc2C)c(Br)c1. The fourth-order valence-corrected chi connectivity index (χ4v) is 1.99. The van der Waals surface area contributed by atoms with Gasteiger partial charge in [0.2, 0.25) is 0 Å². The van der Waals surface area contributed by atoms with Crippen molar-refractivity contribution >= 4 is 27.5 Å². The first kappa shape index (κ1) is 11.8. The lowest BCUT2D eigenvalue weighted by Gasteiger charge is -2.06. The number of rotatable bonds is 2. The Morgan fingerprint density at radius 3 is 2.71 bits per heavy atom. The van der Waals surface area contributed by atoms with E-state index >= 15 is 0 Å². The number of aromatic nitrogens is 3. The van der Waals surface area contributed by atoms with Gasteiger partial charge in [0, 0.05) is 4.47 Å². The van der Waals surface area contributed by atoms with Crippen LogP contribution >= 0.6 is 15.9 Å². The smallest absolute Gasteiger partial charge is 0.278 e. The number of halogens is 1. The third-order valence-corrected chi connectivity index (χ3v) is 2.97. The summed E-state index contributed by atoms with van der Waals surface area (Å²) in [5, 5.41) is 12.8. The van der Waals surface area contributed by atoms with Crippen molar-refractivity contribution in [2.45, 2.75) is 13.8 Å². The first-order chi connectivity index (χ1) is 8.08. The molecule has 0 saturated carbocycles. The van der Waals surface area contributed by atoms with Crippen LogP contribution in [-0.2, 0) is 0 Å². The summed E-state index contributed by atoms with van der Waals surface area (Å²) in [6, 6.07) is 5.70. The molecule has 0 aliphatic rings. The van der Waals surface area contributed by atoms with Gasteiger partial charge in [-0.2, -0.15) is 15.4 Å². The van der Waals surface area contributed by atoms with Crippen LogP contribution in [0.25, 0.3) is 0 Å². The minimum absolute atomic E-state index is 0.277. The van der Waals surface area contributed by atoms with Crippen molar-refractivity contribution in [2.24, 2.45) is 0 Å². The highest BCUT2D eigenvalue weighted by molar-refractivity contribution is 9.10. The molecule has 2 N–H and O–H groups in total. The summed E-state index contributed by atoms with van der Waals surface area (Å²) in [6.07, 6.45) is 0. The molecule has 0 bridgehead atoms. The Kier molecular flexibility index (Phi) is 3.23. The van der Waals surface area contributed by atoms with Gasteiger partial charge in [-0.05, 0) is 47.5 Å². The monoisotopic (exact) mass is 294 g/mol. The van der Waals surface area contributed by atoms with Crippen molar-refractivity contribution in [3.63, 3.8) is 0 Å². The molecule has 1 amide bonds. The average molecular weight is 295 g/mol. The molecule has 0 saturated heterocycles. The molecule has 0 aliphatic carbocycles. The number of aryl methyl sites for hydroxylation is 2. The maximum absolute atomic E-state index is 11.9. The second-order valence-corrected chi connectivity index (χ2v) is 4.55. The lowest BCUT2D eigenvalue weighted by molar-refractivity contribution is 0.102. The van der Waals surface area contributed by atoms with E-state index in [1.54, 1.807) is 6.92 Å². The molecular weight excluding hydrogens is 284 g/mol. The molecule has 5 nitrogen and oxygen atoms in total. The van der Waals surface area contributed by atoms with E-state index in [-0.39, 0.29) is 5.91 Å². The number of anilines is 1. The Hall–Kier alpha value is -1.69. The first-order valence-corrected chi connectivity index (χ1v) is 5.82. The van der Waals surface area contributed by atoms with E-state index in [1.807, 2.05) is 25.1 Å². The molecule has 0 radical (unpaired) electrons. The molecule has 2 aromatic rings. The highest BCUT2D eigenvalue weighted by Crippen LogP contribution is 2.23. The standard InChI is InChI=1S/C11H11BrN4O/c1-6-3-4-9(8(12)5-6)13-11(17)10-7(2)14-16-15-10/h3-5H,1-2H3,(H,13,17)(H,14,15,16). The van der Waals surface area contributed by atoms with Gasteiger partial charge in [-0.25, -0.2) is 0 Å². The Balaban J connectivity index is 2.22. The van der Waals surface area contributed by atoms with E-state index < -0.39 is 0 Å². The summed E-state index contributed by atoms with van der Waals surface area (Å²) in [6.45, 7) is 3.71. The van der Waals surface area contributed by atoms with Crippen molar-refractivity contribution in [1.29, 1.82) is 0 Å². The number of amides is 1. The zero-order valence-corrected chi connectivity index (χ0v) is 11.0. The number of H-pyrrole nitrogens is 1. The lowest BCUT2D eigenvalue weighted by Crippen LogP contribution is -2.14. The Bertz CT molecular complexity index is 564. The van der Waals surface area contributed by atoms with Crippen LogP contribution in [-0.4, -0.2) is 21.3 Å². The molecule has 1 heterocycles. The number of benzene rings is 1. The van der Waals surface area contributed by atoms with Gasteiger partial charge in [0.15, 0.2) is 5.69 Å². The fourth-order valence-electron chi connectivity index (χ4n) is 1.40. The van der Waals surface area contributed by atoms with Crippen LogP contribution in [0.1, 0.15) is 21.7 Å². The number of aromatic amines is 1. The van der Waals surface area contributed by atoms with E-state index in [0.717, 1.165) is 10.0 Å². The molecule has 2 rings (SSSR count). The Morgan fingerprint density at radius 2 is 2.12 bits per heavy atom. The summed E-state index contributed by atoms with van der Waals surface area (Å²) >= 11 is 3.40. The predicted molar refractivity (Wildman–Crippen MR) is 68.0 cm³/mol. The molecule has 6 heteroatoms. The van der Waals surface area contributed by atoms with E-state index in [1.165, 1.54) is 0 Å². The van der Waals surface area contributed by atoms with Crippen molar-refractivity contribution in [1.82, 2.24) is 15.4 Å². The third-order valence-electron chi connectivity index (χ3n) is 2.31. The molecule has 17 heavy (non-hydrogen) atoms. The zero-order chi connectivity index (χ0) is 12.4. The van der Waals surface area contributed by atoms with Crippen LogP contribution < -0.4 is 5.32 Å². The van der Waals surface area contributed by atoms with Crippen molar-refractivity contribution in [3.8, 4) is 0 Å². The Morgan fingerprint density at radius 1 is 1.35 bits per heavy atom. The molecular formula is C11H11BrN4O. The van der Waals surface area contributed by atoms with Crippen LogP contribution in [0.2, 0.25) is 0 Å². The first-order valence-electron chi connectivity index (χ1n) is 5.03. The summed E-state index contributed by atoms with van der Waals surface area (Å²) in [5.74, 6) is -0.277. The second-order valence-electron chi connectivity index (χ2n) is 3.70. The molecule has 0 unspecified atom stereocenters. The maximum atomic E-state index is 11.9. The normalized spacial score (nSPS) is 10.3. The van der Waals surface area contributed by atoms with Crippen molar-refractivity contribution in [2.75, 3.05) is 5.32 Å². The van der Waals surface area contributed by atoms with Gasteiger partial charge in [0.25, 0.3) is 5.91 Å². The van der Waals surface area contributed by atoms with E-state index in [4.69, 9.17) is 0 Å². The second kappa shape index (κ2) is 4.67. The number of nitrogens with zero attached hydrogens (tertiary/aromatic N) is 2. The minimum atomic E-state index is -0.277. The van der Waals surface area contributed by atoms with Crippen LogP contribution in [0, 0.1) is 13.8 Å². The molecule has 1 aromatic heterocycles. The number of hydrogen-bond donors (Lipinski definition) is 2. The van der Waals surface area contributed by atoms with Crippen LogP contribution in [0.3, 0.4) is 0 Å². The third kappa shape index (κ3) is 2.52. The largest absolute Gasteiger partial charge is 0.319 e. The molecule has 88 valence electrons. The summed E-state index contributed by atoms with van der Waals surface area (Å²) in [4.78, 5) is 11.9. The molecule has 0 fully saturated rings. The number of hydrogen-bond acceptors (Lipinski definition) is 3. The molecule has 0 atom stereocenters. The molecule has 1 aromatic carbocycles. The van der Waals surface area contributed by atoms with Crippen molar-refractivity contribution < 1.29 is 4.79 Å². The summed E-state index contributed by atoms with van der Waals surface area (Å²) in [7, 11) is 0. The average Bonchev–Trinajstić information content (AvgIpc) is 2.68. The van der Waals surface area contributed by atoms with Crippen molar-refractivity contribution in [3.05, 3.63) is 39.6 Å². The van der Waals surface area contributed by atoms with Gasteiger partial charge in [0.05, 0.1) is 11.4 Å².